The highest BCUT2D eigenvalue weighted by Gasteiger charge is 2.39. The molecule has 0 fully saturated rings. The molecule has 1 unspecified atom stereocenters. The molecule has 2 aliphatic rings. The van der Waals surface area contributed by atoms with Crippen LogP contribution in [0.5, 0.6) is 0 Å². The highest BCUT2D eigenvalue weighted by atomic mass is 16.6. The van der Waals surface area contributed by atoms with Gasteiger partial charge in [0.05, 0.1) is 16.3 Å². The van der Waals surface area contributed by atoms with Gasteiger partial charge in [0.25, 0.3) is 5.69 Å². The number of hydrogen-bond donors (Lipinski definition) is 2. The molecule has 114 valence electrons. The molecule has 4 rings (SSSR count). The Labute approximate surface area is 130 Å². The minimum Gasteiger partial charge on any atom is -0.461 e. The smallest absolute Gasteiger partial charge is 0.271 e. The number of ketones is 1. The zero-order chi connectivity index (χ0) is 16.0. The van der Waals surface area contributed by atoms with E-state index in [2.05, 4.69) is 10.6 Å². The van der Waals surface area contributed by atoms with E-state index in [1.807, 2.05) is 30.3 Å². The maximum Gasteiger partial charge on any atom is 0.271 e. The van der Waals surface area contributed by atoms with Gasteiger partial charge in [0.15, 0.2) is 6.10 Å². The zero-order valence-corrected chi connectivity index (χ0v) is 11.8. The maximum atomic E-state index is 12.5. The Morgan fingerprint density at radius 2 is 1.83 bits per heavy atom. The average Bonchev–Trinajstić information content (AvgIpc) is 2.89. The van der Waals surface area contributed by atoms with E-state index in [0.717, 1.165) is 5.56 Å². The summed E-state index contributed by atoms with van der Waals surface area (Å²) in [4.78, 5) is 22.9. The first kappa shape index (κ1) is 13.3. The fourth-order valence-electron chi connectivity index (χ4n) is 2.65. The van der Waals surface area contributed by atoms with E-state index >= 15 is 0 Å². The van der Waals surface area contributed by atoms with Crippen LogP contribution in [0.4, 0.5) is 17.1 Å². The van der Waals surface area contributed by atoms with Crippen molar-refractivity contribution in [2.75, 3.05) is 10.6 Å². The highest BCUT2D eigenvalue weighted by Crippen LogP contribution is 2.40. The van der Waals surface area contributed by atoms with Gasteiger partial charge in [-0.05, 0) is 6.07 Å². The number of nitrogens with one attached hydrogen (secondary N) is 2. The minimum atomic E-state index is -0.717. The summed E-state index contributed by atoms with van der Waals surface area (Å²) in [6.45, 7) is 0. The van der Waals surface area contributed by atoms with Crippen LogP contribution in [0, 0.1) is 10.1 Å². The van der Waals surface area contributed by atoms with Gasteiger partial charge in [-0.25, -0.2) is 0 Å². The van der Waals surface area contributed by atoms with Crippen molar-refractivity contribution in [2.45, 2.75) is 6.10 Å². The van der Waals surface area contributed by atoms with Gasteiger partial charge in [0.1, 0.15) is 5.70 Å². The summed E-state index contributed by atoms with van der Waals surface area (Å²) in [5.41, 5.74) is 2.15. The third-order valence-electron chi connectivity index (χ3n) is 3.77. The molecular formula is C16H11N3O4. The number of ether oxygens (including phenoxy) is 1. The molecule has 7 heteroatoms. The molecule has 2 aliphatic heterocycles. The van der Waals surface area contributed by atoms with Gasteiger partial charge in [-0.2, -0.15) is 0 Å². The lowest BCUT2D eigenvalue weighted by molar-refractivity contribution is -0.384. The molecular weight excluding hydrogens is 298 g/mol. The van der Waals surface area contributed by atoms with Gasteiger partial charge in [-0.3, -0.25) is 14.9 Å². The monoisotopic (exact) mass is 309 g/mol. The summed E-state index contributed by atoms with van der Waals surface area (Å²) >= 11 is 0. The molecule has 1 atom stereocenters. The van der Waals surface area contributed by atoms with Crippen molar-refractivity contribution in [1.29, 1.82) is 0 Å². The SMILES string of the molecule is O=C1C2=C(Nc3cc([N+](=O)[O-])ccc3N2)OC1c1ccccc1. The molecule has 23 heavy (non-hydrogen) atoms. The predicted molar refractivity (Wildman–Crippen MR) is 82.6 cm³/mol. The summed E-state index contributed by atoms with van der Waals surface area (Å²) in [5.74, 6) is 0.111. The van der Waals surface area contributed by atoms with Crippen LogP contribution in [0.25, 0.3) is 0 Å². The van der Waals surface area contributed by atoms with Crippen molar-refractivity contribution in [1.82, 2.24) is 0 Å². The average molecular weight is 309 g/mol. The summed E-state index contributed by atoms with van der Waals surface area (Å²) < 4.78 is 5.71. The number of carbonyl (C=O) groups is 1. The zero-order valence-electron chi connectivity index (χ0n) is 11.8. The number of Topliss-reactive ketones (excluding diaryl/α,β-unsaturated/α-hetero) is 1. The van der Waals surface area contributed by atoms with Crippen LogP contribution in [0.3, 0.4) is 0 Å². The van der Waals surface area contributed by atoms with Gasteiger partial charge in [0.2, 0.25) is 11.7 Å². The van der Waals surface area contributed by atoms with E-state index in [9.17, 15) is 14.9 Å². The number of benzene rings is 2. The molecule has 2 heterocycles. The topological polar surface area (TPSA) is 93.5 Å². The number of fused-ring (bicyclic) bond motifs is 1. The molecule has 0 bridgehead atoms. The van der Waals surface area contributed by atoms with Crippen LogP contribution in [0.15, 0.2) is 60.1 Å². The van der Waals surface area contributed by atoms with Crippen LogP contribution >= 0.6 is 0 Å². The van der Waals surface area contributed by atoms with E-state index in [1.165, 1.54) is 12.1 Å². The van der Waals surface area contributed by atoms with Crippen LogP contribution < -0.4 is 10.6 Å². The number of anilines is 2. The Bertz CT molecular complexity index is 861. The van der Waals surface area contributed by atoms with Crippen LogP contribution in [-0.2, 0) is 9.53 Å². The highest BCUT2D eigenvalue weighted by molar-refractivity contribution is 6.06. The number of non-ortho nitro benzene ring substituents is 1. The number of nitrogens with zero attached hydrogens (tertiary/aromatic N) is 1. The van der Waals surface area contributed by atoms with Gasteiger partial charge in [0, 0.05) is 17.7 Å². The molecule has 0 saturated carbocycles. The normalized spacial score (nSPS) is 18.4. The van der Waals surface area contributed by atoms with Gasteiger partial charge in [-0.1, -0.05) is 30.3 Å². The molecule has 2 N–H and O–H groups in total. The molecule has 2 aromatic carbocycles. The van der Waals surface area contributed by atoms with Crippen molar-refractivity contribution in [3.05, 3.63) is 75.8 Å². The second-order valence-electron chi connectivity index (χ2n) is 5.21. The summed E-state index contributed by atoms with van der Waals surface area (Å²) in [6.07, 6.45) is -0.717. The first-order valence-electron chi connectivity index (χ1n) is 6.96. The van der Waals surface area contributed by atoms with Crippen molar-refractivity contribution >= 4 is 22.8 Å². The number of nitro benzene ring substituents is 1. The van der Waals surface area contributed by atoms with Crippen molar-refractivity contribution in [3.63, 3.8) is 0 Å². The second kappa shape index (κ2) is 4.84. The second-order valence-corrected chi connectivity index (χ2v) is 5.21. The predicted octanol–water partition coefficient (Wildman–Crippen LogP) is 2.94. The molecule has 2 aromatic rings. The van der Waals surface area contributed by atoms with Crippen LogP contribution in [-0.4, -0.2) is 10.7 Å². The minimum absolute atomic E-state index is 0.0361. The lowest BCUT2D eigenvalue weighted by atomic mass is 10.0. The van der Waals surface area contributed by atoms with E-state index in [-0.39, 0.29) is 17.4 Å². The van der Waals surface area contributed by atoms with E-state index in [4.69, 9.17) is 4.74 Å². The van der Waals surface area contributed by atoms with Crippen LogP contribution in [0.2, 0.25) is 0 Å². The van der Waals surface area contributed by atoms with Gasteiger partial charge in [-0.15, -0.1) is 0 Å². The fourth-order valence-corrected chi connectivity index (χ4v) is 2.65. The van der Waals surface area contributed by atoms with Crippen molar-refractivity contribution < 1.29 is 14.5 Å². The molecule has 0 amide bonds. The van der Waals surface area contributed by atoms with E-state index in [1.54, 1.807) is 6.07 Å². The van der Waals surface area contributed by atoms with Crippen molar-refractivity contribution in [2.24, 2.45) is 0 Å². The molecule has 0 spiro atoms. The van der Waals surface area contributed by atoms with E-state index < -0.39 is 11.0 Å². The Kier molecular flexibility index (Phi) is 2.80. The largest absolute Gasteiger partial charge is 0.461 e. The third-order valence-corrected chi connectivity index (χ3v) is 3.77. The molecule has 0 aromatic heterocycles. The number of carbonyl (C=O) groups excluding carboxylic acids is 1. The first-order valence-corrected chi connectivity index (χ1v) is 6.96. The summed E-state index contributed by atoms with van der Waals surface area (Å²) in [5, 5.41) is 16.8. The number of hydrogen-bond acceptors (Lipinski definition) is 6. The Morgan fingerprint density at radius 3 is 2.57 bits per heavy atom. The standard InChI is InChI=1S/C16H11N3O4/c20-14-13-16(23-15(14)9-4-2-1-3-5-9)18-12-8-10(19(21)22)6-7-11(12)17-13/h1-8,15,17-18H. The van der Waals surface area contributed by atoms with Gasteiger partial charge < -0.3 is 15.4 Å². The molecule has 7 nitrogen and oxygen atoms in total. The number of nitro groups is 1. The summed E-state index contributed by atoms with van der Waals surface area (Å²) in [7, 11) is 0. The lowest BCUT2D eigenvalue weighted by Gasteiger charge is -2.19. The van der Waals surface area contributed by atoms with E-state index in [0.29, 0.717) is 17.1 Å². The Morgan fingerprint density at radius 1 is 1.04 bits per heavy atom. The molecule has 0 radical (unpaired) electrons. The maximum absolute atomic E-state index is 12.5. The first-order chi connectivity index (χ1) is 11.1. The van der Waals surface area contributed by atoms with Crippen LogP contribution in [0.1, 0.15) is 11.7 Å². The van der Waals surface area contributed by atoms with Gasteiger partial charge >= 0.3 is 0 Å². The van der Waals surface area contributed by atoms with Crippen molar-refractivity contribution in [3.8, 4) is 0 Å². The quantitative estimate of drug-likeness (QED) is 0.654. The number of rotatable bonds is 2. The molecule has 0 saturated heterocycles. The Balaban J connectivity index is 1.65. The summed E-state index contributed by atoms with van der Waals surface area (Å²) in [6, 6.07) is 13.5. The molecule has 0 aliphatic carbocycles. The fraction of sp³-hybridized carbons (Fsp3) is 0.0625. The Hall–Kier alpha value is -3.35. The lowest BCUT2D eigenvalue weighted by Crippen LogP contribution is -2.18. The third kappa shape index (κ3) is 2.10.